The Bertz CT molecular complexity index is 1930. The van der Waals surface area contributed by atoms with Gasteiger partial charge in [-0.25, -0.2) is 13.2 Å². The molecule has 4 aromatic rings. The fraction of sp³-hybridized carbons (Fsp3) is 0.452. The Labute approximate surface area is 260 Å². The maximum absolute atomic E-state index is 17.0. The number of alkyl halides is 1. The molecule has 0 radical (unpaired) electrons. The smallest absolute Gasteiger partial charge is 0.319 e. The van der Waals surface area contributed by atoms with Crippen LogP contribution in [0.4, 0.5) is 24.0 Å². The summed E-state index contributed by atoms with van der Waals surface area (Å²) in [4.78, 5) is 13.5. The van der Waals surface area contributed by atoms with E-state index in [1.807, 2.05) is 18.0 Å². The molecule has 3 fully saturated rings. The number of nitrogens with zero attached hydrogens (tertiary/aromatic N) is 5. The average Bonchev–Trinajstić information content (AvgIpc) is 3.43. The van der Waals surface area contributed by atoms with Gasteiger partial charge in [0.15, 0.2) is 11.6 Å². The highest BCUT2D eigenvalue weighted by atomic mass is 35.5. The van der Waals surface area contributed by atoms with Crippen molar-refractivity contribution in [2.24, 2.45) is 0 Å². The Hall–Kier alpha value is -3.53. The van der Waals surface area contributed by atoms with Crippen LogP contribution in [0.15, 0.2) is 12.1 Å². The lowest BCUT2D eigenvalue weighted by atomic mass is 9.95. The number of nitrogens with two attached hydrogens (primary N) is 1. The van der Waals surface area contributed by atoms with Gasteiger partial charge in [0, 0.05) is 42.9 Å². The number of ether oxygens (including phenoxy) is 2. The van der Waals surface area contributed by atoms with Gasteiger partial charge in [-0.15, -0.1) is 11.3 Å². The van der Waals surface area contributed by atoms with Crippen LogP contribution in [-0.2, 0) is 0 Å². The minimum Gasteiger partial charge on any atom is -0.491 e. The van der Waals surface area contributed by atoms with Crippen LogP contribution in [0.5, 0.6) is 11.8 Å². The van der Waals surface area contributed by atoms with Crippen molar-refractivity contribution in [3.05, 3.63) is 34.4 Å². The van der Waals surface area contributed by atoms with Crippen molar-refractivity contribution in [1.29, 1.82) is 5.26 Å². The maximum atomic E-state index is 17.0. The van der Waals surface area contributed by atoms with E-state index in [0.717, 1.165) is 43.6 Å². The topological polar surface area (TPSA) is 101 Å². The second-order valence-corrected chi connectivity index (χ2v) is 13.8. The number of fused-ring (bicyclic) bond motifs is 2. The van der Waals surface area contributed by atoms with E-state index in [9.17, 15) is 14.0 Å². The molecule has 5 heterocycles. The zero-order valence-corrected chi connectivity index (χ0v) is 25.4. The summed E-state index contributed by atoms with van der Waals surface area (Å²) in [5.41, 5.74) is 5.54. The van der Waals surface area contributed by atoms with Crippen LogP contribution in [0.25, 0.3) is 32.1 Å². The first-order chi connectivity index (χ1) is 21.2. The normalized spacial score (nSPS) is 23.9. The largest absolute Gasteiger partial charge is 0.491 e. The maximum Gasteiger partial charge on any atom is 0.319 e. The third kappa shape index (κ3) is 3.91. The van der Waals surface area contributed by atoms with Crippen molar-refractivity contribution in [2.45, 2.75) is 55.8 Å². The molecule has 2 aromatic heterocycles. The SMILES string of the molecule is CN1c2nc(OC[C@@]34CCCN3C[C@H](F)C4)nc3c(F)c(-c4ccc(F)c5sc(N)c(C#N)c45)c(Cl)c(c23)OCCC12CC2. The van der Waals surface area contributed by atoms with Gasteiger partial charge in [0.25, 0.3) is 0 Å². The van der Waals surface area contributed by atoms with Crippen LogP contribution in [0, 0.1) is 23.0 Å². The predicted molar refractivity (Wildman–Crippen MR) is 163 cm³/mol. The summed E-state index contributed by atoms with van der Waals surface area (Å²) in [5, 5.41) is 10.5. The molecule has 228 valence electrons. The molecule has 2 aromatic carbocycles. The first-order valence-corrected chi connectivity index (χ1v) is 15.9. The second kappa shape index (κ2) is 9.73. The van der Waals surface area contributed by atoms with Gasteiger partial charge in [0.1, 0.15) is 41.0 Å². The van der Waals surface area contributed by atoms with Crippen molar-refractivity contribution in [1.82, 2.24) is 14.9 Å². The van der Waals surface area contributed by atoms with E-state index in [1.54, 1.807) is 0 Å². The quantitative estimate of drug-likeness (QED) is 0.266. The monoisotopic (exact) mass is 640 g/mol. The standard InChI is InChI=1S/C31H28ClF3N6O2S/c1-40-28-21-24(38-29(39-28)43-14-31-5-2-9-41(31)13-15(33)11-31)23(35)20(22(32)25(21)42-10-8-30(40)6-7-30)16-3-4-18(34)26-19(16)17(12-36)27(37)44-26/h3-4,15H,2,5-11,13-14,37H2,1H3/t15-,31+/m1/s1. The number of hydrogen-bond acceptors (Lipinski definition) is 9. The first kappa shape index (κ1) is 28.0. The number of halogens is 4. The number of hydrogen-bond donors (Lipinski definition) is 1. The van der Waals surface area contributed by atoms with Crippen LogP contribution in [0.1, 0.15) is 44.1 Å². The molecule has 2 saturated heterocycles. The van der Waals surface area contributed by atoms with Crippen molar-refractivity contribution in [3.8, 4) is 29.0 Å². The molecule has 4 aliphatic rings. The summed E-state index contributed by atoms with van der Waals surface area (Å²) in [6, 6.07) is 4.60. The van der Waals surface area contributed by atoms with E-state index < -0.39 is 23.3 Å². The molecular weight excluding hydrogens is 613 g/mol. The van der Waals surface area contributed by atoms with Gasteiger partial charge < -0.3 is 20.1 Å². The van der Waals surface area contributed by atoms with Crippen molar-refractivity contribution in [3.63, 3.8) is 0 Å². The van der Waals surface area contributed by atoms with Crippen LogP contribution < -0.4 is 20.1 Å². The molecule has 2 atom stereocenters. The third-order valence-corrected chi connectivity index (χ3v) is 11.4. The number of thiophene rings is 1. The Morgan fingerprint density at radius 2 is 2.05 bits per heavy atom. The van der Waals surface area contributed by atoms with E-state index in [-0.39, 0.29) is 66.2 Å². The molecule has 2 N–H and O–H groups in total. The van der Waals surface area contributed by atoms with E-state index in [1.165, 1.54) is 12.1 Å². The summed E-state index contributed by atoms with van der Waals surface area (Å²) in [7, 11) is 1.92. The second-order valence-electron chi connectivity index (χ2n) is 12.4. The number of nitrogen functional groups attached to an aromatic ring is 1. The van der Waals surface area contributed by atoms with Crippen LogP contribution >= 0.6 is 22.9 Å². The highest BCUT2D eigenvalue weighted by Gasteiger charge is 2.50. The molecular formula is C31H28ClF3N6O2S. The number of aromatic nitrogens is 2. The Balaban J connectivity index is 1.35. The summed E-state index contributed by atoms with van der Waals surface area (Å²) >= 11 is 7.90. The molecule has 0 unspecified atom stereocenters. The van der Waals surface area contributed by atoms with Crippen LogP contribution in [0.2, 0.25) is 5.02 Å². The van der Waals surface area contributed by atoms with Crippen LogP contribution in [-0.4, -0.2) is 65.5 Å². The molecule has 3 aliphatic heterocycles. The number of rotatable bonds is 4. The molecule has 1 aliphatic carbocycles. The minimum absolute atomic E-state index is 0.0286. The molecule has 13 heteroatoms. The van der Waals surface area contributed by atoms with Gasteiger partial charge in [0.05, 0.1) is 32.8 Å². The summed E-state index contributed by atoms with van der Waals surface area (Å²) in [6.45, 7) is 1.69. The molecule has 8 rings (SSSR count). The van der Waals surface area contributed by atoms with E-state index in [0.29, 0.717) is 37.2 Å². The predicted octanol–water partition coefficient (Wildman–Crippen LogP) is 6.60. The van der Waals surface area contributed by atoms with E-state index in [2.05, 4.69) is 9.88 Å². The van der Waals surface area contributed by atoms with Gasteiger partial charge in [-0.05, 0) is 43.9 Å². The number of benzene rings is 2. The Morgan fingerprint density at radius 1 is 1.23 bits per heavy atom. The van der Waals surface area contributed by atoms with Crippen molar-refractivity contribution < 1.29 is 22.6 Å². The third-order valence-electron chi connectivity index (χ3n) is 10.0. The van der Waals surface area contributed by atoms with Gasteiger partial charge in [0.2, 0.25) is 0 Å². The summed E-state index contributed by atoms with van der Waals surface area (Å²) in [5.74, 6) is -0.721. The number of anilines is 2. The van der Waals surface area contributed by atoms with Crippen molar-refractivity contribution in [2.75, 3.05) is 44.0 Å². The zero-order chi connectivity index (χ0) is 30.5. The highest BCUT2D eigenvalue weighted by Crippen LogP contribution is 2.54. The highest BCUT2D eigenvalue weighted by molar-refractivity contribution is 7.23. The Kier molecular flexibility index (Phi) is 6.19. The average molecular weight is 641 g/mol. The summed E-state index contributed by atoms with van der Waals surface area (Å²) < 4.78 is 59.0. The lowest BCUT2D eigenvalue weighted by molar-refractivity contribution is 0.107. The fourth-order valence-corrected chi connectivity index (χ4v) is 8.82. The van der Waals surface area contributed by atoms with Gasteiger partial charge in [-0.3, -0.25) is 4.90 Å². The van der Waals surface area contributed by atoms with Crippen LogP contribution in [0.3, 0.4) is 0 Å². The molecule has 0 amide bonds. The number of nitriles is 1. The molecule has 8 nitrogen and oxygen atoms in total. The fourth-order valence-electron chi connectivity index (χ4n) is 7.54. The minimum atomic E-state index is -0.926. The zero-order valence-electron chi connectivity index (χ0n) is 23.9. The molecule has 1 saturated carbocycles. The van der Waals surface area contributed by atoms with Gasteiger partial charge >= 0.3 is 6.01 Å². The van der Waals surface area contributed by atoms with Crippen molar-refractivity contribution >= 4 is 54.7 Å². The molecule has 1 spiro atoms. The molecule has 44 heavy (non-hydrogen) atoms. The Morgan fingerprint density at radius 3 is 2.82 bits per heavy atom. The molecule has 0 bridgehead atoms. The summed E-state index contributed by atoms with van der Waals surface area (Å²) in [6.07, 6.45) is 3.75. The first-order valence-electron chi connectivity index (χ1n) is 14.7. The van der Waals surface area contributed by atoms with Gasteiger partial charge in [-0.2, -0.15) is 15.2 Å². The lowest BCUT2D eigenvalue weighted by Gasteiger charge is -2.34. The van der Waals surface area contributed by atoms with E-state index >= 15 is 4.39 Å². The van der Waals surface area contributed by atoms with Gasteiger partial charge in [-0.1, -0.05) is 17.7 Å². The van der Waals surface area contributed by atoms with E-state index in [4.69, 9.17) is 31.8 Å². The lowest BCUT2D eigenvalue weighted by Crippen LogP contribution is -2.43.